The van der Waals surface area contributed by atoms with Crippen molar-refractivity contribution in [3.05, 3.63) is 99.8 Å². The summed E-state index contributed by atoms with van der Waals surface area (Å²) in [6.45, 7) is 0.315. The van der Waals surface area contributed by atoms with E-state index in [2.05, 4.69) is 10.3 Å². The molecule has 7 heteroatoms. The molecule has 1 aromatic heterocycles. The normalized spacial score (nSPS) is 14.5. The fraction of sp³-hybridized carbons (Fsp3) is 0.0833. The molecule has 0 aliphatic carbocycles. The maximum Gasteiger partial charge on any atom is 0.262 e. The molecular weight excluding hydrogens is 414 g/mol. The van der Waals surface area contributed by atoms with E-state index in [-0.39, 0.29) is 11.5 Å². The number of fused-ring (bicyclic) bond motifs is 1. The van der Waals surface area contributed by atoms with Gasteiger partial charge in [0.15, 0.2) is 0 Å². The van der Waals surface area contributed by atoms with E-state index in [1.54, 1.807) is 61.9 Å². The first-order chi connectivity index (χ1) is 14.9. The Morgan fingerprint density at radius 3 is 2.71 bits per heavy atom. The first-order valence-corrected chi connectivity index (χ1v) is 9.93. The zero-order valence-corrected chi connectivity index (χ0v) is 17.4. The number of benzene rings is 2. The van der Waals surface area contributed by atoms with Gasteiger partial charge in [-0.05, 0) is 53.6 Å². The third kappa shape index (κ3) is 4.25. The highest BCUT2D eigenvalue weighted by Gasteiger charge is 2.33. The second-order valence-electron chi connectivity index (χ2n) is 7.08. The first-order valence-electron chi connectivity index (χ1n) is 9.55. The zero-order valence-electron chi connectivity index (χ0n) is 16.6. The summed E-state index contributed by atoms with van der Waals surface area (Å²) in [4.78, 5) is 44.0. The maximum absolute atomic E-state index is 13.1. The van der Waals surface area contributed by atoms with E-state index in [0.29, 0.717) is 33.9 Å². The van der Waals surface area contributed by atoms with Crippen molar-refractivity contribution in [1.82, 2.24) is 10.3 Å². The Bertz CT molecular complexity index is 1220. The predicted octanol–water partition coefficient (Wildman–Crippen LogP) is 3.91. The standard InChI is InChI=1S/C24H18ClN3O3/c1-28-21-8-7-17(23(30)27-14-16-5-3-9-26-13-16)12-19(21)22(29)20(24(28)31)11-15-4-2-6-18(25)10-15/h2-13H,14H2,1H3,(H,27,30). The summed E-state index contributed by atoms with van der Waals surface area (Å²) in [5, 5.41) is 3.32. The fourth-order valence-electron chi connectivity index (χ4n) is 3.36. The van der Waals surface area contributed by atoms with E-state index >= 15 is 0 Å². The van der Waals surface area contributed by atoms with Crippen LogP contribution in [-0.4, -0.2) is 29.6 Å². The van der Waals surface area contributed by atoms with Gasteiger partial charge in [0.05, 0.1) is 11.3 Å². The summed E-state index contributed by atoms with van der Waals surface area (Å²) < 4.78 is 0. The van der Waals surface area contributed by atoms with Crippen molar-refractivity contribution in [3.8, 4) is 0 Å². The Morgan fingerprint density at radius 1 is 1.13 bits per heavy atom. The van der Waals surface area contributed by atoms with Crippen molar-refractivity contribution in [3.63, 3.8) is 0 Å². The molecule has 0 unspecified atom stereocenters. The molecule has 3 aromatic rings. The highest BCUT2D eigenvalue weighted by atomic mass is 35.5. The molecule has 4 rings (SSSR count). The van der Waals surface area contributed by atoms with Crippen LogP contribution in [0.4, 0.5) is 5.69 Å². The molecule has 0 spiro atoms. The number of anilines is 1. The first kappa shape index (κ1) is 20.5. The van der Waals surface area contributed by atoms with E-state index in [1.165, 1.54) is 17.0 Å². The Labute approximate surface area is 184 Å². The van der Waals surface area contributed by atoms with Gasteiger partial charge < -0.3 is 10.2 Å². The Morgan fingerprint density at radius 2 is 1.97 bits per heavy atom. The molecule has 154 valence electrons. The molecular formula is C24H18ClN3O3. The van der Waals surface area contributed by atoms with Crippen LogP contribution >= 0.6 is 11.6 Å². The third-order valence-electron chi connectivity index (χ3n) is 4.98. The Kier molecular flexibility index (Phi) is 5.64. The van der Waals surface area contributed by atoms with Gasteiger partial charge in [0, 0.05) is 42.1 Å². The van der Waals surface area contributed by atoms with Crippen molar-refractivity contribution in [2.24, 2.45) is 0 Å². The summed E-state index contributed by atoms with van der Waals surface area (Å²) in [6, 6.07) is 15.3. The maximum atomic E-state index is 13.1. The lowest BCUT2D eigenvalue weighted by molar-refractivity contribution is -0.114. The summed E-state index contributed by atoms with van der Waals surface area (Å²) in [6.07, 6.45) is 4.85. The number of nitrogens with one attached hydrogen (secondary N) is 1. The highest BCUT2D eigenvalue weighted by Crippen LogP contribution is 2.31. The molecule has 2 amide bonds. The molecule has 0 saturated heterocycles. The number of amides is 2. The van der Waals surface area contributed by atoms with Crippen LogP contribution in [0.1, 0.15) is 31.8 Å². The largest absolute Gasteiger partial charge is 0.348 e. The minimum atomic E-state index is -0.431. The molecule has 1 aliphatic rings. The predicted molar refractivity (Wildman–Crippen MR) is 119 cm³/mol. The third-order valence-corrected chi connectivity index (χ3v) is 5.22. The molecule has 2 heterocycles. The molecule has 0 saturated carbocycles. The second kappa shape index (κ2) is 8.53. The van der Waals surface area contributed by atoms with Gasteiger partial charge in [0.25, 0.3) is 11.8 Å². The van der Waals surface area contributed by atoms with Crippen LogP contribution in [0.5, 0.6) is 0 Å². The van der Waals surface area contributed by atoms with Crippen molar-refractivity contribution < 1.29 is 14.4 Å². The van der Waals surface area contributed by atoms with Crippen molar-refractivity contribution in [2.45, 2.75) is 6.54 Å². The summed E-state index contributed by atoms with van der Waals surface area (Å²) in [5.74, 6) is -1.16. The number of aromatic nitrogens is 1. The Balaban J connectivity index is 1.63. The number of likely N-dealkylation sites (N-methyl/N-ethyl adjacent to an activating group) is 1. The van der Waals surface area contributed by atoms with Crippen LogP contribution in [-0.2, 0) is 11.3 Å². The van der Waals surface area contributed by atoms with E-state index in [9.17, 15) is 14.4 Å². The summed E-state index contributed by atoms with van der Waals surface area (Å²) in [5.41, 5.74) is 2.62. The van der Waals surface area contributed by atoms with Crippen LogP contribution in [0, 0.1) is 0 Å². The Hall–Kier alpha value is -3.77. The number of nitrogens with zero attached hydrogens (tertiary/aromatic N) is 2. The molecule has 0 fully saturated rings. The van der Waals surface area contributed by atoms with E-state index in [4.69, 9.17) is 11.6 Å². The monoisotopic (exact) mass is 431 g/mol. The average Bonchev–Trinajstić information content (AvgIpc) is 2.79. The van der Waals surface area contributed by atoms with Gasteiger partial charge in [-0.2, -0.15) is 0 Å². The molecule has 1 aliphatic heterocycles. The quantitative estimate of drug-likeness (QED) is 0.501. The molecule has 0 bridgehead atoms. The number of hydrogen-bond acceptors (Lipinski definition) is 4. The van der Waals surface area contributed by atoms with Crippen LogP contribution in [0.2, 0.25) is 5.02 Å². The van der Waals surface area contributed by atoms with Gasteiger partial charge in [0.1, 0.15) is 0 Å². The number of hydrogen-bond donors (Lipinski definition) is 1. The van der Waals surface area contributed by atoms with Gasteiger partial charge >= 0.3 is 0 Å². The summed E-state index contributed by atoms with van der Waals surface area (Å²) in [7, 11) is 1.60. The van der Waals surface area contributed by atoms with Crippen LogP contribution in [0.3, 0.4) is 0 Å². The van der Waals surface area contributed by atoms with Gasteiger partial charge in [0.2, 0.25) is 5.78 Å². The molecule has 0 atom stereocenters. The summed E-state index contributed by atoms with van der Waals surface area (Å²) >= 11 is 6.02. The fourth-order valence-corrected chi connectivity index (χ4v) is 3.56. The SMILES string of the molecule is CN1C(=O)C(=Cc2cccc(Cl)c2)C(=O)c2cc(C(=O)NCc3cccnc3)ccc21. The molecule has 2 aromatic carbocycles. The lowest BCUT2D eigenvalue weighted by Gasteiger charge is -2.27. The van der Waals surface area contributed by atoms with Crippen molar-refractivity contribution >= 4 is 41.0 Å². The number of Topliss-reactive ketones (excluding diaryl/α,β-unsaturated/α-hetero) is 1. The smallest absolute Gasteiger partial charge is 0.262 e. The van der Waals surface area contributed by atoms with E-state index in [0.717, 1.165) is 5.56 Å². The van der Waals surface area contributed by atoms with Gasteiger partial charge in [-0.1, -0.05) is 29.8 Å². The highest BCUT2D eigenvalue weighted by molar-refractivity contribution is 6.37. The molecule has 0 radical (unpaired) electrons. The lowest BCUT2D eigenvalue weighted by atomic mass is 9.92. The number of ketones is 1. The van der Waals surface area contributed by atoms with Gasteiger partial charge in [-0.25, -0.2) is 0 Å². The zero-order chi connectivity index (χ0) is 22.0. The lowest BCUT2D eigenvalue weighted by Crippen LogP contribution is -2.37. The van der Waals surface area contributed by atoms with Crippen LogP contribution in [0.15, 0.2) is 72.6 Å². The number of rotatable bonds is 4. The number of halogens is 1. The van der Waals surface area contributed by atoms with Gasteiger partial charge in [-0.15, -0.1) is 0 Å². The van der Waals surface area contributed by atoms with Crippen molar-refractivity contribution in [1.29, 1.82) is 0 Å². The minimum absolute atomic E-state index is 0.0187. The molecule has 1 N–H and O–H groups in total. The molecule has 31 heavy (non-hydrogen) atoms. The molecule has 6 nitrogen and oxygen atoms in total. The van der Waals surface area contributed by atoms with E-state index in [1.807, 2.05) is 6.07 Å². The number of carbonyl (C=O) groups excluding carboxylic acids is 3. The minimum Gasteiger partial charge on any atom is -0.348 e. The van der Waals surface area contributed by atoms with Crippen molar-refractivity contribution in [2.75, 3.05) is 11.9 Å². The van der Waals surface area contributed by atoms with E-state index < -0.39 is 11.7 Å². The topological polar surface area (TPSA) is 79.4 Å². The van der Waals surface area contributed by atoms with Crippen LogP contribution in [0.25, 0.3) is 6.08 Å². The van der Waals surface area contributed by atoms with Gasteiger partial charge in [-0.3, -0.25) is 19.4 Å². The average molecular weight is 432 g/mol. The number of carbonyl (C=O) groups is 3. The second-order valence-corrected chi connectivity index (χ2v) is 7.52. The number of pyridine rings is 1. The van der Waals surface area contributed by atoms with Crippen LogP contribution < -0.4 is 10.2 Å².